The fourth-order valence-electron chi connectivity index (χ4n) is 5.83. The number of hydrogen-bond acceptors (Lipinski definition) is 4. The molecule has 0 aromatic heterocycles. The molecule has 0 aromatic carbocycles. The van der Waals surface area contributed by atoms with Gasteiger partial charge in [0.25, 0.3) is 0 Å². The summed E-state index contributed by atoms with van der Waals surface area (Å²) in [5.41, 5.74) is 4.69. The molecule has 1 N–H and O–H groups in total. The minimum Gasteiger partial charge on any atom is -0.632 e. The van der Waals surface area contributed by atoms with Crippen molar-refractivity contribution in [2.75, 3.05) is 20.3 Å². The number of hydroxylamine groups is 3. The Morgan fingerprint density at radius 1 is 1.48 bits per heavy atom. The first-order valence-corrected chi connectivity index (χ1v) is 9.20. The van der Waals surface area contributed by atoms with Gasteiger partial charge in [-0.05, 0) is 35.8 Å². The molecule has 4 fully saturated rings. The zero-order valence-corrected chi connectivity index (χ0v) is 14.7. The normalized spacial score (nSPS) is 45.3. The topological polar surface area (TPSA) is 64.9 Å². The van der Waals surface area contributed by atoms with Crippen LogP contribution in [0.5, 0.6) is 0 Å². The summed E-state index contributed by atoms with van der Waals surface area (Å²) in [4.78, 5) is 4.95. The lowest BCUT2D eigenvalue weighted by Crippen LogP contribution is -2.74. The van der Waals surface area contributed by atoms with E-state index >= 15 is 0 Å². The molecule has 0 saturated carbocycles. The van der Waals surface area contributed by atoms with Gasteiger partial charge in [-0.15, -0.1) is 0 Å². The maximum Gasteiger partial charge on any atom is 0.132 e. The second-order valence-electron chi connectivity index (χ2n) is 7.85. The Hall–Kier alpha value is -1.69. The quantitative estimate of drug-likeness (QED) is 0.476. The maximum absolute atomic E-state index is 13.9. The average molecular weight is 340 g/mol. The molecule has 6 rings (SSSR count). The number of rotatable bonds is 2. The Morgan fingerprint density at radius 3 is 3.04 bits per heavy atom. The third kappa shape index (κ3) is 1.86. The van der Waals surface area contributed by atoms with Crippen molar-refractivity contribution in [2.24, 2.45) is 16.8 Å². The van der Waals surface area contributed by atoms with Gasteiger partial charge in [0.2, 0.25) is 0 Å². The number of fused-ring (bicyclic) bond motifs is 3. The number of allylic oxidation sites excluding steroid dienone is 2. The van der Waals surface area contributed by atoms with Crippen LogP contribution in [-0.4, -0.2) is 53.9 Å². The van der Waals surface area contributed by atoms with E-state index in [1.807, 2.05) is 13.0 Å². The molecule has 5 heteroatoms. The number of piperidine rings is 4. The highest BCUT2D eigenvalue weighted by molar-refractivity contribution is 6.08. The molecule has 25 heavy (non-hydrogen) atoms. The van der Waals surface area contributed by atoms with Crippen LogP contribution >= 0.6 is 0 Å². The van der Waals surface area contributed by atoms with Crippen LogP contribution in [0.1, 0.15) is 19.8 Å². The summed E-state index contributed by atoms with van der Waals surface area (Å²) in [7, 11) is 1.68. The van der Waals surface area contributed by atoms with Gasteiger partial charge in [0.05, 0.1) is 31.5 Å². The summed E-state index contributed by atoms with van der Waals surface area (Å²) < 4.78 is 5.18. The predicted molar refractivity (Wildman–Crippen MR) is 95.6 cm³/mol. The highest BCUT2D eigenvalue weighted by Crippen LogP contribution is 2.55. The molecule has 6 unspecified atom stereocenters. The Kier molecular flexibility index (Phi) is 3.21. The monoisotopic (exact) mass is 340 g/mol. The molecule has 5 nitrogen and oxygen atoms in total. The van der Waals surface area contributed by atoms with Crippen molar-refractivity contribution in [1.29, 1.82) is 0 Å². The first-order valence-electron chi connectivity index (χ1n) is 9.20. The van der Waals surface area contributed by atoms with Crippen molar-refractivity contribution >= 4 is 5.71 Å². The molecule has 4 saturated heterocycles. The van der Waals surface area contributed by atoms with Gasteiger partial charge >= 0.3 is 0 Å². The Bertz CT molecular complexity index is 791. The second kappa shape index (κ2) is 5.16. The van der Waals surface area contributed by atoms with Crippen LogP contribution in [0.15, 0.2) is 51.8 Å². The van der Waals surface area contributed by atoms with Crippen molar-refractivity contribution in [2.45, 2.75) is 37.9 Å². The summed E-state index contributed by atoms with van der Waals surface area (Å²) >= 11 is 0. The predicted octanol–water partition coefficient (Wildman–Crippen LogP) is 2.25. The highest BCUT2D eigenvalue weighted by Gasteiger charge is 2.61. The number of nitrogens with zero attached hydrogens (tertiary/aromatic N) is 2. The van der Waals surface area contributed by atoms with E-state index in [1.54, 1.807) is 7.11 Å². The number of methoxy groups -OCH3 is 1. The Labute approximate surface area is 147 Å². The van der Waals surface area contributed by atoms with Crippen LogP contribution in [0.3, 0.4) is 0 Å². The van der Waals surface area contributed by atoms with Crippen LogP contribution in [0.25, 0.3) is 0 Å². The summed E-state index contributed by atoms with van der Waals surface area (Å²) in [5.74, 6) is 1.23. The molecule has 4 bridgehead atoms. The van der Waals surface area contributed by atoms with Crippen molar-refractivity contribution < 1.29 is 14.5 Å². The van der Waals surface area contributed by atoms with Gasteiger partial charge < -0.3 is 19.7 Å². The van der Waals surface area contributed by atoms with Crippen LogP contribution in [0, 0.1) is 17.0 Å². The van der Waals surface area contributed by atoms with Gasteiger partial charge in [-0.2, -0.15) is 0 Å². The first kappa shape index (κ1) is 15.6. The van der Waals surface area contributed by atoms with E-state index in [0.717, 1.165) is 24.3 Å². The highest BCUT2D eigenvalue weighted by atomic mass is 16.6. The second-order valence-corrected chi connectivity index (χ2v) is 7.85. The molecule has 0 aromatic rings. The molecule has 0 amide bonds. The van der Waals surface area contributed by atoms with E-state index in [1.165, 1.54) is 16.7 Å². The third-order valence-electron chi connectivity index (χ3n) is 7.02. The van der Waals surface area contributed by atoms with E-state index in [0.29, 0.717) is 12.5 Å². The number of aliphatic hydroxyl groups excluding tert-OH is 1. The van der Waals surface area contributed by atoms with E-state index in [4.69, 9.17) is 9.73 Å². The molecule has 6 atom stereocenters. The molecule has 1 aliphatic carbocycles. The maximum atomic E-state index is 13.9. The first-order chi connectivity index (χ1) is 12.1. The molecule has 5 heterocycles. The number of quaternary nitrogens is 1. The molecule has 132 valence electrons. The number of aliphatic hydroxyl groups is 1. The molecule has 0 radical (unpaired) electrons. The lowest BCUT2D eigenvalue weighted by atomic mass is 9.62. The van der Waals surface area contributed by atoms with Crippen LogP contribution in [0.4, 0.5) is 0 Å². The molecule has 0 spiro atoms. The van der Waals surface area contributed by atoms with Gasteiger partial charge in [-0.25, -0.2) is 0 Å². The molecular formula is C20H24N2O3. The van der Waals surface area contributed by atoms with Crippen LogP contribution in [0.2, 0.25) is 0 Å². The smallest absolute Gasteiger partial charge is 0.132 e. The van der Waals surface area contributed by atoms with Crippen molar-refractivity contribution in [3.63, 3.8) is 0 Å². The zero-order chi connectivity index (χ0) is 17.3. The van der Waals surface area contributed by atoms with E-state index in [9.17, 15) is 10.3 Å². The number of ether oxygens (including phenoxy) is 1. The van der Waals surface area contributed by atoms with E-state index in [2.05, 4.69) is 18.2 Å². The molecular weight excluding hydrogens is 316 g/mol. The summed E-state index contributed by atoms with van der Waals surface area (Å²) in [6.07, 6.45) is 9.75. The van der Waals surface area contributed by atoms with Gasteiger partial charge in [0.1, 0.15) is 18.3 Å². The van der Waals surface area contributed by atoms with Gasteiger partial charge in [0.15, 0.2) is 0 Å². The number of hydrogen-bond donors (Lipinski definition) is 1. The molecule has 5 aliphatic heterocycles. The zero-order valence-electron chi connectivity index (χ0n) is 14.7. The SMILES string of the molecule is C/C=C1/C[N+]2([O-])C3CC1C(CO)C2CC1=C2C=C(OC)C=CC2N=C13. The van der Waals surface area contributed by atoms with Crippen molar-refractivity contribution in [1.82, 2.24) is 0 Å². The van der Waals surface area contributed by atoms with Gasteiger partial charge in [-0.1, -0.05) is 12.2 Å². The van der Waals surface area contributed by atoms with Crippen molar-refractivity contribution in [3.05, 3.63) is 52.0 Å². The largest absolute Gasteiger partial charge is 0.632 e. The molecule has 6 aliphatic rings. The number of aliphatic imine (C=N–C) groups is 1. The fourth-order valence-corrected chi connectivity index (χ4v) is 5.83. The minimum absolute atomic E-state index is 0.0309. The van der Waals surface area contributed by atoms with E-state index in [-0.39, 0.29) is 35.3 Å². The minimum atomic E-state index is -0.214. The van der Waals surface area contributed by atoms with Crippen LogP contribution in [-0.2, 0) is 4.74 Å². The lowest BCUT2D eigenvalue weighted by molar-refractivity contribution is -0.935. The fraction of sp³-hybridized carbons (Fsp3) is 0.550. The third-order valence-corrected chi connectivity index (χ3v) is 7.02. The average Bonchev–Trinajstić information content (AvgIpc) is 2.98. The lowest BCUT2D eigenvalue weighted by Gasteiger charge is -2.67. The Morgan fingerprint density at radius 2 is 2.32 bits per heavy atom. The summed E-state index contributed by atoms with van der Waals surface area (Å²) in [6, 6.07) is -0.0950. The van der Waals surface area contributed by atoms with Crippen LogP contribution < -0.4 is 0 Å². The van der Waals surface area contributed by atoms with E-state index < -0.39 is 0 Å². The van der Waals surface area contributed by atoms with Gasteiger partial charge in [0, 0.05) is 24.7 Å². The Balaban J connectivity index is 1.63. The standard InChI is InChI=1S/C20H24N2O3/c1-3-11-9-22(24)18-8-15-14-6-12(25-2)4-5-17(14)21-20(15)19(22)7-13(11)16(18)10-23/h3-6,13,16-19,23H,7-10H2,1-2H3/b11-3-. The van der Waals surface area contributed by atoms with Gasteiger partial charge in [-0.3, -0.25) is 4.99 Å². The van der Waals surface area contributed by atoms with Crippen molar-refractivity contribution in [3.8, 4) is 0 Å². The summed E-state index contributed by atoms with van der Waals surface area (Å²) in [6.45, 7) is 2.68. The summed E-state index contributed by atoms with van der Waals surface area (Å²) in [5, 5.41) is 23.9.